The summed E-state index contributed by atoms with van der Waals surface area (Å²) in [6.45, 7) is 1.66. The third-order valence-corrected chi connectivity index (χ3v) is 2.49. The highest BCUT2D eigenvalue weighted by molar-refractivity contribution is 14.1. The molecular formula is C9H11IN2O. The first-order chi connectivity index (χ1) is 6.11. The Hall–Kier alpha value is -0.620. The zero-order valence-electron chi connectivity index (χ0n) is 7.25. The lowest BCUT2D eigenvalue weighted by atomic mass is 10.3. The molecule has 4 heteroatoms. The Labute approximate surface area is 90.8 Å². The Morgan fingerprint density at radius 2 is 2.15 bits per heavy atom. The molecule has 0 bridgehead atoms. The zero-order valence-corrected chi connectivity index (χ0v) is 9.41. The number of nitrogens with two attached hydrogens (primary N) is 1. The molecule has 0 aliphatic carbocycles. The van der Waals surface area contributed by atoms with Gasteiger partial charge in [-0.25, -0.2) is 0 Å². The number of carbonyl (C=O) groups excluding carboxylic acids is 1. The zero-order chi connectivity index (χ0) is 9.84. The van der Waals surface area contributed by atoms with Gasteiger partial charge in [-0.2, -0.15) is 0 Å². The largest absolute Gasteiger partial charge is 0.324 e. The third kappa shape index (κ3) is 2.96. The summed E-state index contributed by atoms with van der Waals surface area (Å²) in [5.74, 6) is -0.163. The molecule has 13 heavy (non-hydrogen) atoms. The summed E-state index contributed by atoms with van der Waals surface area (Å²) in [6.07, 6.45) is 0. The van der Waals surface area contributed by atoms with Crippen LogP contribution < -0.4 is 11.1 Å². The maximum absolute atomic E-state index is 11.2. The molecule has 0 saturated carbocycles. The number of hydrogen-bond acceptors (Lipinski definition) is 2. The second-order valence-corrected chi connectivity index (χ2v) is 3.92. The van der Waals surface area contributed by atoms with Crippen molar-refractivity contribution in [1.82, 2.24) is 0 Å². The van der Waals surface area contributed by atoms with Crippen molar-refractivity contribution in [1.29, 1.82) is 0 Å². The van der Waals surface area contributed by atoms with Gasteiger partial charge in [0, 0.05) is 3.57 Å². The average Bonchev–Trinajstić information content (AvgIpc) is 2.08. The highest BCUT2D eigenvalue weighted by atomic mass is 127. The minimum absolute atomic E-state index is 0.163. The number of anilines is 1. The second kappa shape index (κ2) is 4.57. The van der Waals surface area contributed by atoms with Crippen molar-refractivity contribution in [2.24, 2.45) is 5.73 Å². The number of para-hydroxylation sites is 1. The summed E-state index contributed by atoms with van der Waals surface area (Å²) >= 11 is 2.16. The number of nitrogens with one attached hydrogen (secondary N) is 1. The molecule has 1 aromatic rings. The molecule has 70 valence electrons. The topological polar surface area (TPSA) is 55.1 Å². The molecule has 1 amide bonds. The molecule has 0 fully saturated rings. The quantitative estimate of drug-likeness (QED) is 0.812. The van der Waals surface area contributed by atoms with E-state index in [0.717, 1.165) is 9.26 Å². The lowest BCUT2D eigenvalue weighted by Gasteiger charge is -2.08. The minimum Gasteiger partial charge on any atom is -0.324 e. The average molecular weight is 290 g/mol. The lowest BCUT2D eigenvalue weighted by Crippen LogP contribution is -2.32. The fourth-order valence-corrected chi connectivity index (χ4v) is 1.33. The fraction of sp³-hybridized carbons (Fsp3) is 0.222. The van der Waals surface area contributed by atoms with Crippen LogP contribution in [0.4, 0.5) is 5.69 Å². The second-order valence-electron chi connectivity index (χ2n) is 2.76. The van der Waals surface area contributed by atoms with Crippen LogP contribution in [0, 0.1) is 3.57 Å². The van der Waals surface area contributed by atoms with Gasteiger partial charge in [-0.15, -0.1) is 0 Å². The van der Waals surface area contributed by atoms with E-state index in [-0.39, 0.29) is 5.91 Å². The van der Waals surface area contributed by atoms with Crippen LogP contribution in [0.3, 0.4) is 0 Å². The van der Waals surface area contributed by atoms with E-state index in [1.807, 2.05) is 24.3 Å². The molecule has 0 radical (unpaired) electrons. The number of benzene rings is 1. The van der Waals surface area contributed by atoms with Crippen molar-refractivity contribution in [2.75, 3.05) is 5.32 Å². The normalized spacial score (nSPS) is 12.2. The Bertz CT molecular complexity index is 312. The van der Waals surface area contributed by atoms with E-state index in [4.69, 9.17) is 5.73 Å². The Kier molecular flexibility index (Phi) is 3.68. The van der Waals surface area contributed by atoms with E-state index in [2.05, 4.69) is 27.9 Å². The van der Waals surface area contributed by atoms with Crippen LogP contribution in [0.15, 0.2) is 24.3 Å². The van der Waals surface area contributed by atoms with Crippen molar-refractivity contribution < 1.29 is 4.79 Å². The smallest absolute Gasteiger partial charge is 0.241 e. The van der Waals surface area contributed by atoms with Gasteiger partial charge < -0.3 is 11.1 Å². The summed E-state index contributed by atoms with van der Waals surface area (Å²) in [5.41, 5.74) is 6.23. The van der Waals surface area contributed by atoms with Gasteiger partial charge >= 0.3 is 0 Å². The Morgan fingerprint density at radius 3 is 2.69 bits per heavy atom. The predicted molar refractivity (Wildman–Crippen MR) is 61.4 cm³/mol. The predicted octanol–water partition coefficient (Wildman–Crippen LogP) is 1.58. The van der Waals surface area contributed by atoms with Gasteiger partial charge in [0.15, 0.2) is 0 Å². The van der Waals surface area contributed by atoms with E-state index in [9.17, 15) is 4.79 Å². The van der Waals surface area contributed by atoms with Crippen LogP contribution in [-0.2, 0) is 4.79 Å². The molecule has 1 rings (SSSR count). The maximum atomic E-state index is 11.2. The summed E-state index contributed by atoms with van der Waals surface area (Å²) in [4.78, 5) is 11.2. The van der Waals surface area contributed by atoms with Crippen LogP contribution in [0.1, 0.15) is 6.92 Å². The van der Waals surface area contributed by atoms with E-state index < -0.39 is 6.04 Å². The van der Waals surface area contributed by atoms with E-state index in [0.29, 0.717) is 0 Å². The van der Waals surface area contributed by atoms with Gasteiger partial charge in [0.05, 0.1) is 11.7 Å². The summed E-state index contributed by atoms with van der Waals surface area (Å²) in [7, 11) is 0. The molecule has 0 unspecified atom stereocenters. The van der Waals surface area contributed by atoms with Gasteiger partial charge in [0.1, 0.15) is 0 Å². The van der Waals surface area contributed by atoms with Crippen LogP contribution in [-0.4, -0.2) is 11.9 Å². The summed E-state index contributed by atoms with van der Waals surface area (Å²) in [5, 5.41) is 2.74. The molecule has 3 nitrogen and oxygen atoms in total. The number of halogens is 1. The van der Waals surface area contributed by atoms with Crippen LogP contribution in [0.25, 0.3) is 0 Å². The first-order valence-corrected chi connectivity index (χ1v) is 5.00. The molecule has 1 aromatic carbocycles. The van der Waals surface area contributed by atoms with Crippen LogP contribution in [0.2, 0.25) is 0 Å². The van der Waals surface area contributed by atoms with Gasteiger partial charge in [0.2, 0.25) is 5.91 Å². The molecule has 3 N–H and O–H groups in total. The van der Waals surface area contributed by atoms with Gasteiger partial charge in [-0.3, -0.25) is 4.79 Å². The first-order valence-electron chi connectivity index (χ1n) is 3.92. The minimum atomic E-state index is -0.476. The van der Waals surface area contributed by atoms with E-state index >= 15 is 0 Å². The first kappa shape index (κ1) is 10.5. The highest BCUT2D eigenvalue weighted by Gasteiger charge is 2.08. The van der Waals surface area contributed by atoms with Crippen molar-refractivity contribution in [3.05, 3.63) is 27.8 Å². The fourth-order valence-electron chi connectivity index (χ4n) is 0.809. The van der Waals surface area contributed by atoms with Crippen molar-refractivity contribution in [3.8, 4) is 0 Å². The Morgan fingerprint density at radius 1 is 1.54 bits per heavy atom. The van der Waals surface area contributed by atoms with Gasteiger partial charge in [-0.05, 0) is 41.6 Å². The molecule has 0 aliphatic rings. The van der Waals surface area contributed by atoms with E-state index in [1.54, 1.807) is 6.92 Å². The number of carbonyl (C=O) groups is 1. The van der Waals surface area contributed by atoms with Crippen LogP contribution >= 0.6 is 22.6 Å². The molecule has 1 atom stereocenters. The monoisotopic (exact) mass is 290 g/mol. The highest BCUT2D eigenvalue weighted by Crippen LogP contribution is 2.16. The van der Waals surface area contributed by atoms with Crippen molar-refractivity contribution in [2.45, 2.75) is 13.0 Å². The number of rotatable bonds is 2. The standard InChI is InChI=1S/C9H11IN2O/c1-6(11)9(13)12-8-5-3-2-4-7(8)10/h2-6H,11H2,1H3,(H,12,13)/t6-/m0/s1. The van der Waals surface area contributed by atoms with Gasteiger partial charge in [0.25, 0.3) is 0 Å². The van der Waals surface area contributed by atoms with Gasteiger partial charge in [-0.1, -0.05) is 12.1 Å². The summed E-state index contributed by atoms with van der Waals surface area (Å²) < 4.78 is 1.01. The maximum Gasteiger partial charge on any atom is 0.241 e. The molecule has 0 spiro atoms. The molecule has 0 aliphatic heterocycles. The van der Waals surface area contributed by atoms with E-state index in [1.165, 1.54) is 0 Å². The molecular weight excluding hydrogens is 279 g/mol. The molecule has 0 aromatic heterocycles. The number of hydrogen-bond donors (Lipinski definition) is 2. The van der Waals surface area contributed by atoms with Crippen LogP contribution in [0.5, 0.6) is 0 Å². The number of amides is 1. The van der Waals surface area contributed by atoms with Crippen molar-refractivity contribution in [3.63, 3.8) is 0 Å². The lowest BCUT2D eigenvalue weighted by molar-refractivity contribution is -0.117. The molecule has 0 heterocycles. The SMILES string of the molecule is C[C@H](N)C(=O)Nc1ccccc1I. The third-order valence-electron chi connectivity index (χ3n) is 1.55. The van der Waals surface area contributed by atoms with Crippen molar-refractivity contribution >= 4 is 34.2 Å². The summed E-state index contributed by atoms with van der Waals surface area (Å²) in [6, 6.07) is 7.10. The molecule has 0 saturated heterocycles. The Balaban J connectivity index is 2.75.